The third-order valence-corrected chi connectivity index (χ3v) is 27.2. The lowest BCUT2D eigenvalue weighted by Gasteiger charge is -2.33. The number of likely N-dealkylation sites (N-methyl/N-ethyl adjacent to an activating group) is 3. The number of amides is 2. The Balaban J connectivity index is 0.631. The average molecular weight is 1750 g/mol. The van der Waals surface area contributed by atoms with Gasteiger partial charge in [0.2, 0.25) is 41.9 Å². The number of carbonyl (C=O) groups is 3. The monoisotopic (exact) mass is 1750 g/mol. The summed E-state index contributed by atoms with van der Waals surface area (Å²) >= 11 is 38.9. The number of fused-ring (bicyclic) bond motifs is 3. The minimum atomic E-state index is -3.85. The third kappa shape index (κ3) is 29.2. The molecule has 9 rings (SSSR count). The zero-order chi connectivity index (χ0) is 81.8. The maximum Gasteiger partial charge on any atom is 0.240 e. The predicted octanol–water partition coefficient (Wildman–Crippen LogP) is 14.2. The van der Waals surface area contributed by atoms with Gasteiger partial charge in [-0.25, -0.2) is 39.4 Å². The number of Topliss-reactive ketones (excluding diaryl/α,β-unsaturated/α-hetero) is 1. The number of hydrogen-bond donors (Lipinski definition) is 6. The Morgan fingerprint density at radius 1 is 0.395 bits per heavy atom. The number of unbranched alkanes of at least 4 members (excludes halogenated alkanes) is 9. The summed E-state index contributed by atoms with van der Waals surface area (Å²) in [6.07, 6.45) is 12.2. The van der Waals surface area contributed by atoms with Crippen LogP contribution in [0.1, 0.15) is 183 Å². The molecule has 7 N–H and O–H groups in total. The number of ketones is 1. The van der Waals surface area contributed by atoms with E-state index in [0.717, 1.165) is 114 Å². The summed E-state index contributed by atoms with van der Waals surface area (Å²) in [5.41, 5.74) is 14.8. The van der Waals surface area contributed by atoms with E-state index in [9.17, 15) is 39.6 Å². The number of halogens is 6. The second-order valence-electron chi connectivity index (χ2n) is 30.2. The summed E-state index contributed by atoms with van der Waals surface area (Å²) in [7, 11) is -5.40. The molecule has 0 bridgehead atoms. The van der Waals surface area contributed by atoms with Crippen molar-refractivity contribution < 1.29 is 58.6 Å². The van der Waals surface area contributed by atoms with E-state index in [1.54, 1.807) is 72.8 Å². The highest BCUT2D eigenvalue weighted by Gasteiger charge is 2.33. The molecule has 2 amide bonds. The van der Waals surface area contributed by atoms with E-state index in [-0.39, 0.29) is 155 Å². The van der Waals surface area contributed by atoms with Crippen LogP contribution in [0.3, 0.4) is 0 Å². The molecule has 22 nitrogen and oxygen atoms in total. The molecule has 6 aromatic rings. The van der Waals surface area contributed by atoms with Crippen LogP contribution < -0.4 is 30.5 Å². The summed E-state index contributed by atoms with van der Waals surface area (Å²) in [6.45, 7) is 6.61. The van der Waals surface area contributed by atoms with Crippen LogP contribution in [0.5, 0.6) is 0 Å². The van der Waals surface area contributed by atoms with Gasteiger partial charge in [-0.15, -0.1) is 0 Å². The van der Waals surface area contributed by atoms with E-state index in [4.69, 9.17) is 94.3 Å². The van der Waals surface area contributed by atoms with Gasteiger partial charge in [0, 0.05) is 151 Å². The van der Waals surface area contributed by atoms with Crippen molar-refractivity contribution in [2.75, 3.05) is 126 Å². The Kier molecular flexibility index (Phi) is 37.5. The minimum absolute atomic E-state index is 0.00825. The number of nitrogens with zero attached hydrogens (tertiary/aromatic N) is 3. The van der Waals surface area contributed by atoms with Crippen LogP contribution in [-0.2, 0) is 83.0 Å². The van der Waals surface area contributed by atoms with Crippen LogP contribution >= 0.6 is 69.6 Å². The minimum Gasteiger partial charge on any atom is -0.378 e. The van der Waals surface area contributed by atoms with Gasteiger partial charge >= 0.3 is 0 Å². The topological polar surface area (TPSA) is 286 Å². The zero-order valence-corrected chi connectivity index (χ0v) is 72.5. The number of rotatable bonds is 50. The summed E-state index contributed by atoms with van der Waals surface area (Å²) in [6, 6.07) is 31.8. The van der Waals surface area contributed by atoms with Crippen LogP contribution in [-0.4, -0.2) is 189 Å². The number of hydrogen-bond acceptors (Lipinski definition) is 17. The summed E-state index contributed by atoms with van der Waals surface area (Å²) in [5, 5.41) is 9.11. The molecule has 626 valence electrons. The van der Waals surface area contributed by atoms with Crippen molar-refractivity contribution >= 4 is 117 Å². The number of nitrogens with two attached hydrogens (primary N) is 1. The highest BCUT2D eigenvalue weighted by molar-refractivity contribution is 7.90. The average Bonchev–Trinajstić information content (AvgIpc) is 0.782. The maximum atomic E-state index is 13.5. The first-order chi connectivity index (χ1) is 54.6. The quantitative estimate of drug-likeness (QED) is 0.0194. The van der Waals surface area contributed by atoms with E-state index in [1.807, 2.05) is 57.5 Å². The first kappa shape index (κ1) is 93.0. The molecule has 31 heteroatoms. The molecule has 0 saturated heterocycles. The molecule has 0 fully saturated rings. The number of nitrogens with one attached hydrogen (secondary N) is 5. The molecule has 1 unspecified atom stereocenters. The Morgan fingerprint density at radius 3 is 1.11 bits per heavy atom. The highest BCUT2D eigenvalue weighted by atomic mass is 35.5. The van der Waals surface area contributed by atoms with E-state index in [0.29, 0.717) is 102 Å². The first-order valence-electron chi connectivity index (χ1n) is 39.5. The maximum absolute atomic E-state index is 13.5. The summed E-state index contributed by atoms with van der Waals surface area (Å²) in [5.74, 6) is -0.727. The lowest BCUT2D eigenvalue weighted by molar-refractivity contribution is -0.122. The number of benzene rings is 6. The molecule has 0 radical (unpaired) electrons. The van der Waals surface area contributed by atoms with Crippen molar-refractivity contribution in [2.45, 2.75) is 173 Å². The highest BCUT2D eigenvalue weighted by Crippen LogP contribution is 2.43. The Hall–Kier alpha value is -4.92. The van der Waals surface area contributed by atoms with E-state index >= 15 is 0 Å². The fourth-order valence-corrected chi connectivity index (χ4v) is 20.1. The third-order valence-electron chi connectivity index (χ3n) is 21.2. The molecule has 3 heterocycles. The fourth-order valence-electron chi connectivity index (χ4n) is 15.1. The summed E-state index contributed by atoms with van der Waals surface area (Å²) < 4.78 is 111. The van der Waals surface area contributed by atoms with Gasteiger partial charge in [-0.2, -0.15) is 0 Å². The number of sulfonamides is 3. The van der Waals surface area contributed by atoms with E-state index < -0.39 is 35.6 Å². The molecule has 0 spiro atoms. The van der Waals surface area contributed by atoms with Gasteiger partial charge in [0.15, 0.2) is 0 Å². The lowest BCUT2D eigenvalue weighted by Crippen LogP contribution is -2.42. The molecule has 4 atom stereocenters. The number of ether oxygens (including phenoxy) is 4. The normalized spacial score (nSPS) is 16.8. The Bertz CT molecular complexity index is 4540. The Morgan fingerprint density at radius 2 is 0.728 bits per heavy atom. The van der Waals surface area contributed by atoms with Gasteiger partial charge in [0.05, 0.1) is 67.5 Å². The smallest absolute Gasteiger partial charge is 0.240 e. The fraction of sp³-hybridized carbons (Fsp3) is 0.530. The van der Waals surface area contributed by atoms with Crippen LogP contribution in [0, 0.1) is 0 Å². The first-order valence-corrected chi connectivity index (χ1v) is 46.2. The van der Waals surface area contributed by atoms with Crippen LogP contribution in [0.4, 0.5) is 0 Å². The lowest BCUT2D eigenvalue weighted by atomic mass is 9.83. The molecular formula is C83H111Cl6N9O13S3. The van der Waals surface area contributed by atoms with Crippen LogP contribution in [0.15, 0.2) is 124 Å². The molecule has 0 aromatic heterocycles. The van der Waals surface area contributed by atoms with Crippen molar-refractivity contribution in [3.05, 3.63) is 189 Å². The van der Waals surface area contributed by atoms with Gasteiger partial charge < -0.3 is 50.0 Å². The Labute approximate surface area is 704 Å². The van der Waals surface area contributed by atoms with E-state index in [2.05, 4.69) is 39.5 Å². The largest absolute Gasteiger partial charge is 0.378 e. The van der Waals surface area contributed by atoms with Gasteiger partial charge in [-0.3, -0.25) is 14.4 Å². The molecule has 0 saturated carbocycles. The standard InChI is InChI=1S/C83H111Cl6N9O13S3/c1-96-53-72(69-47-62(84)50-78(87)75(69)56-96)59-18-14-22-66(44-59)112(102,103)93-31-13-11-9-7-5-4-6-8-10-12-28-83(90,30-27-82(101)92-33-37-109-41-43-111-39-35-95-114(106,107)68-24-16-20-61(46-68)74-55-98(3)58-77-71(74)49-64(86)52-80(77)89)29-26-65(99)21-17-25-81(100)91-32-36-108-40-42-110-38-34-94-113(104,105)67-23-15-19-60(45-67)73-54-97(2)57-76-70(73)48-63(85)51-79(76)88/h14-16,18-20,22-24,44-52,72-74,93-95H,4-13,17,21,25-43,53-58,90H2,1-3H3,(H,91,100)(H,92,101)/t72-,73-,74-,83?/m0/s1. The molecule has 3 aliphatic rings. The molecule has 114 heavy (non-hydrogen) atoms. The predicted molar refractivity (Wildman–Crippen MR) is 453 cm³/mol. The molecule has 0 aliphatic carbocycles. The van der Waals surface area contributed by atoms with Gasteiger partial charge in [-0.05, 0) is 176 Å². The van der Waals surface area contributed by atoms with Gasteiger partial charge in [0.25, 0.3) is 0 Å². The van der Waals surface area contributed by atoms with Crippen LogP contribution in [0.2, 0.25) is 30.1 Å². The zero-order valence-electron chi connectivity index (χ0n) is 65.5. The van der Waals surface area contributed by atoms with E-state index in [1.165, 1.54) is 0 Å². The second kappa shape index (κ2) is 46.0. The molecule has 3 aliphatic heterocycles. The van der Waals surface area contributed by atoms with Crippen molar-refractivity contribution in [1.29, 1.82) is 0 Å². The van der Waals surface area contributed by atoms with Crippen molar-refractivity contribution in [1.82, 2.24) is 39.5 Å². The van der Waals surface area contributed by atoms with Gasteiger partial charge in [0.1, 0.15) is 5.78 Å². The SMILES string of the molecule is CN1Cc2c(Cl)cc(Cl)cc2[C@H](c2cccc(S(=O)(=O)NCCCCCCCCCCCCC(N)(CCC(=O)CCCC(=O)NCCOCCOCCNS(=O)(=O)c3cccc([C@@H]4CN(C)Cc5c(Cl)cc(Cl)cc54)c3)CCC(=O)NCCOCCOCCNS(=O)(=O)c3cccc([C@@H]4CN(C)Cc5c(Cl)cc(Cl)cc54)c3)c2)C1. The number of carbonyl (C=O) groups excluding carboxylic acids is 3. The molecule has 6 aromatic carbocycles. The van der Waals surface area contributed by atoms with Gasteiger partial charge in [-0.1, -0.05) is 164 Å². The van der Waals surface area contributed by atoms with Crippen molar-refractivity contribution in [3.63, 3.8) is 0 Å². The second-order valence-corrected chi connectivity index (χ2v) is 38.0. The molecular weight excluding hydrogens is 1640 g/mol. The van der Waals surface area contributed by atoms with Crippen molar-refractivity contribution in [3.8, 4) is 0 Å². The summed E-state index contributed by atoms with van der Waals surface area (Å²) in [4.78, 5) is 46.3. The van der Waals surface area contributed by atoms with Crippen LogP contribution in [0.25, 0.3) is 0 Å². The van der Waals surface area contributed by atoms with Crippen molar-refractivity contribution in [2.24, 2.45) is 5.73 Å².